The van der Waals surface area contributed by atoms with Crippen molar-refractivity contribution in [1.82, 2.24) is 10.6 Å². The van der Waals surface area contributed by atoms with Crippen molar-refractivity contribution in [1.29, 1.82) is 0 Å². The Hall–Kier alpha value is -2.12. The Bertz CT molecular complexity index is 705. The van der Waals surface area contributed by atoms with Gasteiger partial charge in [0.05, 0.1) is 22.5 Å². The standard InChI is InChI=1S/C20H25N3O2S2/c1-26-13-11-21-19(24)15-7-3-5-9-17(15)23-18-10-6-4-8-16(18)20(25)22-12-14-27-2/h3-10,23H,11-14H2,1-2H3,(H,21,24)(H,22,25). The molecule has 2 rings (SSSR count). The Morgan fingerprint density at radius 2 is 1.15 bits per heavy atom. The lowest BCUT2D eigenvalue weighted by molar-refractivity contribution is 0.0949. The Morgan fingerprint density at radius 3 is 1.56 bits per heavy atom. The zero-order valence-corrected chi connectivity index (χ0v) is 17.2. The van der Waals surface area contributed by atoms with Crippen molar-refractivity contribution in [2.24, 2.45) is 0 Å². The van der Waals surface area contributed by atoms with E-state index in [-0.39, 0.29) is 11.8 Å². The molecule has 0 aliphatic heterocycles. The summed E-state index contributed by atoms with van der Waals surface area (Å²) >= 11 is 3.37. The van der Waals surface area contributed by atoms with Gasteiger partial charge >= 0.3 is 0 Å². The van der Waals surface area contributed by atoms with E-state index in [1.165, 1.54) is 0 Å². The van der Waals surface area contributed by atoms with Crippen LogP contribution in [0.3, 0.4) is 0 Å². The second kappa shape index (κ2) is 11.6. The summed E-state index contributed by atoms with van der Waals surface area (Å²) in [4.78, 5) is 25.0. The number of benzene rings is 2. The number of carbonyl (C=O) groups excluding carboxylic acids is 2. The predicted octanol–water partition coefficient (Wildman–Crippen LogP) is 3.62. The maximum absolute atomic E-state index is 12.5. The Balaban J connectivity index is 2.18. The topological polar surface area (TPSA) is 70.2 Å². The average Bonchev–Trinajstić information content (AvgIpc) is 2.69. The summed E-state index contributed by atoms with van der Waals surface area (Å²) in [5.74, 6) is 1.46. The number of hydrogen-bond donors (Lipinski definition) is 3. The van der Waals surface area contributed by atoms with Crippen molar-refractivity contribution in [2.45, 2.75) is 0 Å². The minimum atomic E-state index is -0.131. The first-order valence-electron chi connectivity index (χ1n) is 8.66. The molecule has 0 bridgehead atoms. The van der Waals surface area contributed by atoms with Crippen LogP contribution in [-0.2, 0) is 0 Å². The van der Waals surface area contributed by atoms with Crippen LogP contribution in [0.15, 0.2) is 48.5 Å². The number of thioether (sulfide) groups is 2. The molecule has 0 aromatic heterocycles. The fourth-order valence-corrected chi connectivity index (χ4v) is 3.06. The van der Waals surface area contributed by atoms with Crippen LogP contribution in [0, 0.1) is 0 Å². The molecule has 3 N–H and O–H groups in total. The van der Waals surface area contributed by atoms with Crippen LogP contribution in [0.25, 0.3) is 0 Å². The van der Waals surface area contributed by atoms with Gasteiger partial charge < -0.3 is 16.0 Å². The Morgan fingerprint density at radius 1 is 0.741 bits per heavy atom. The molecule has 27 heavy (non-hydrogen) atoms. The number of amides is 2. The molecule has 0 fully saturated rings. The molecule has 0 saturated heterocycles. The number of rotatable bonds is 10. The summed E-state index contributed by atoms with van der Waals surface area (Å²) in [6, 6.07) is 14.6. The normalized spacial score (nSPS) is 10.3. The number of nitrogens with one attached hydrogen (secondary N) is 3. The van der Waals surface area contributed by atoms with Gasteiger partial charge in [0, 0.05) is 24.6 Å². The van der Waals surface area contributed by atoms with Crippen LogP contribution in [0.1, 0.15) is 20.7 Å². The van der Waals surface area contributed by atoms with Gasteiger partial charge in [0.25, 0.3) is 11.8 Å². The minimum absolute atomic E-state index is 0.131. The third kappa shape index (κ3) is 6.52. The third-order valence-corrected chi connectivity index (χ3v) is 5.02. The van der Waals surface area contributed by atoms with Gasteiger partial charge in [0.2, 0.25) is 0 Å². The molecule has 0 radical (unpaired) electrons. The quantitative estimate of drug-likeness (QED) is 0.529. The molecule has 5 nitrogen and oxygen atoms in total. The Kier molecular flexibility index (Phi) is 9.07. The monoisotopic (exact) mass is 403 g/mol. The van der Waals surface area contributed by atoms with Crippen LogP contribution < -0.4 is 16.0 Å². The summed E-state index contributed by atoms with van der Waals surface area (Å²) in [5, 5.41) is 9.08. The smallest absolute Gasteiger partial charge is 0.253 e. The molecule has 0 unspecified atom stereocenters. The van der Waals surface area contributed by atoms with Crippen LogP contribution in [0.5, 0.6) is 0 Å². The van der Waals surface area contributed by atoms with Gasteiger partial charge in [-0.25, -0.2) is 0 Å². The number of para-hydroxylation sites is 2. The maximum atomic E-state index is 12.5. The van der Waals surface area contributed by atoms with E-state index in [9.17, 15) is 9.59 Å². The molecule has 144 valence electrons. The number of carbonyl (C=O) groups is 2. The molecule has 0 heterocycles. The summed E-state index contributed by atoms with van der Waals surface area (Å²) in [5.41, 5.74) is 2.44. The molecular weight excluding hydrogens is 378 g/mol. The van der Waals surface area contributed by atoms with Gasteiger partial charge in [-0.2, -0.15) is 23.5 Å². The largest absolute Gasteiger partial charge is 0.354 e. The zero-order valence-electron chi connectivity index (χ0n) is 15.6. The second-order valence-electron chi connectivity index (χ2n) is 5.71. The molecule has 0 aliphatic carbocycles. The highest BCUT2D eigenvalue weighted by Crippen LogP contribution is 2.24. The van der Waals surface area contributed by atoms with E-state index in [4.69, 9.17) is 0 Å². The summed E-state index contributed by atoms with van der Waals surface area (Å²) < 4.78 is 0. The average molecular weight is 404 g/mol. The highest BCUT2D eigenvalue weighted by Gasteiger charge is 2.14. The molecule has 0 aliphatic rings. The molecule has 7 heteroatoms. The molecule has 0 spiro atoms. The van der Waals surface area contributed by atoms with Crippen LogP contribution >= 0.6 is 23.5 Å². The van der Waals surface area contributed by atoms with E-state index in [2.05, 4.69) is 16.0 Å². The first-order valence-corrected chi connectivity index (χ1v) is 11.5. The lowest BCUT2D eigenvalue weighted by Gasteiger charge is -2.15. The molecule has 0 saturated carbocycles. The SMILES string of the molecule is CSCCNC(=O)c1ccccc1Nc1ccccc1C(=O)NCCSC. The molecule has 2 aromatic rings. The van der Waals surface area contributed by atoms with E-state index in [1.807, 2.05) is 48.9 Å². The molecule has 2 amide bonds. The van der Waals surface area contributed by atoms with E-state index in [1.54, 1.807) is 35.7 Å². The fraction of sp³-hybridized carbons (Fsp3) is 0.300. The minimum Gasteiger partial charge on any atom is -0.354 e. The number of hydrogen-bond acceptors (Lipinski definition) is 5. The molecular formula is C20H25N3O2S2. The fourth-order valence-electron chi connectivity index (χ4n) is 2.45. The van der Waals surface area contributed by atoms with Gasteiger partial charge in [-0.1, -0.05) is 24.3 Å². The van der Waals surface area contributed by atoms with Crippen LogP contribution in [-0.4, -0.2) is 48.9 Å². The lowest BCUT2D eigenvalue weighted by Crippen LogP contribution is -2.27. The van der Waals surface area contributed by atoms with Crippen molar-refractivity contribution < 1.29 is 9.59 Å². The number of anilines is 2. The van der Waals surface area contributed by atoms with Crippen molar-refractivity contribution in [3.05, 3.63) is 59.7 Å². The van der Waals surface area contributed by atoms with Gasteiger partial charge in [0.1, 0.15) is 0 Å². The van der Waals surface area contributed by atoms with Crippen molar-refractivity contribution in [2.75, 3.05) is 42.4 Å². The maximum Gasteiger partial charge on any atom is 0.253 e. The first-order chi connectivity index (χ1) is 13.2. The van der Waals surface area contributed by atoms with Gasteiger partial charge in [-0.05, 0) is 36.8 Å². The van der Waals surface area contributed by atoms with E-state index < -0.39 is 0 Å². The van der Waals surface area contributed by atoms with Gasteiger partial charge in [-0.15, -0.1) is 0 Å². The predicted molar refractivity (Wildman–Crippen MR) is 118 cm³/mol. The van der Waals surface area contributed by atoms with E-state index in [0.29, 0.717) is 35.6 Å². The van der Waals surface area contributed by atoms with Gasteiger partial charge in [-0.3, -0.25) is 9.59 Å². The van der Waals surface area contributed by atoms with Crippen molar-refractivity contribution in [3.63, 3.8) is 0 Å². The molecule has 2 aromatic carbocycles. The Labute approximate surface area is 169 Å². The summed E-state index contributed by atoms with van der Waals surface area (Å²) in [6.45, 7) is 1.23. The summed E-state index contributed by atoms with van der Waals surface area (Å²) in [6.07, 6.45) is 4.01. The lowest BCUT2D eigenvalue weighted by atomic mass is 10.1. The molecule has 0 atom stereocenters. The van der Waals surface area contributed by atoms with Crippen LogP contribution in [0.2, 0.25) is 0 Å². The van der Waals surface area contributed by atoms with Gasteiger partial charge in [0.15, 0.2) is 0 Å². The van der Waals surface area contributed by atoms with Crippen molar-refractivity contribution >= 4 is 46.7 Å². The van der Waals surface area contributed by atoms with E-state index >= 15 is 0 Å². The second-order valence-corrected chi connectivity index (χ2v) is 7.68. The highest BCUT2D eigenvalue weighted by molar-refractivity contribution is 7.98. The van der Waals surface area contributed by atoms with E-state index in [0.717, 1.165) is 11.5 Å². The third-order valence-electron chi connectivity index (χ3n) is 3.80. The zero-order chi connectivity index (χ0) is 19.5. The summed E-state index contributed by atoms with van der Waals surface area (Å²) in [7, 11) is 0. The highest BCUT2D eigenvalue weighted by atomic mass is 32.2. The first kappa shape index (κ1) is 21.2. The van der Waals surface area contributed by atoms with Crippen LogP contribution in [0.4, 0.5) is 11.4 Å². The van der Waals surface area contributed by atoms with Crippen molar-refractivity contribution in [3.8, 4) is 0 Å².